The molecule has 12 nitrogen and oxygen atoms in total. The summed E-state index contributed by atoms with van der Waals surface area (Å²) in [6, 6.07) is 0. The Bertz CT molecular complexity index is 828. The van der Waals surface area contributed by atoms with E-state index in [1.54, 1.807) is 0 Å². The standard InChI is InChI=1S/4CHF3O3S.Os/c4*2-1(3,4)8(5,6)7;/h4*(H,5,6,7);/q;;;;+4/p-4. The fourth-order valence-corrected chi connectivity index (χ4v) is 0. The molecule has 0 aliphatic heterocycles. The Morgan fingerprint density at radius 3 is 0.364 bits per heavy atom. The van der Waals surface area contributed by atoms with Gasteiger partial charge >= 0.3 is 41.8 Å². The van der Waals surface area contributed by atoms with E-state index in [4.69, 9.17) is 51.9 Å². The van der Waals surface area contributed by atoms with E-state index in [1.165, 1.54) is 0 Å². The van der Waals surface area contributed by atoms with Crippen LogP contribution in [0.3, 0.4) is 0 Å². The zero-order valence-electron chi connectivity index (χ0n) is 13.4. The molecule has 0 radical (unpaired) electrons. The summed E-state index contributed by atoms with van der Waals surface area (Å²) in [6.45, 7) is 0. The maximum Gasteiger partial charge on any atom is 4.00 e. The van der Waals surface area contributed by atoms with Crippen LogP contribution in [0.5, 0.6) is 0 Å². The molecule has 29 heteroatoms. The van der Waals surface area contributed by atoms with Crippen LogP contribution < -0.4 is 0 Å². The van der Waals surface area contributed by atoms with Crippen LogP contribution >= 0.6 is 0 Å². The van der Waals surface area contributed by atoms with Crippen LogP contribution in [0.15, 0.2) is 0 Å². The van der Waals surface area contributed by atoms with E-state index in [2.05, 4.69) is 0 Å². The molecule has 0 unspecified atom stereocenters. The van der Waals surface area contributed by atoms with Crippen LogP contribution in [-0.4, -0.2) is 73.9 Å². The first-order chi connectivity index (χ1) is 13.0. The summed E-state index contributed by atoms with van der Waals surface area (Å²) >= 11 is 0. The van der Waals surface area contributed by atoms with Crippen molar-refractivity contribution < 1.29 is 124 Å². The van der Waals surface area contributed by atoms with E-state index in [9.17, 15) is 52.7 Å². The van der Waals surface area contributed by atoms with Crippen molar-refractivity contribution in [2.45, 2.75) is 22.0 Å². The van der Waals surface area contributed by atoms with Gasteiger partial charge in [0.1, 0.15) is 0 Å². The molecule has 33 heavy (non-hydrogen) atoms. The van der Waals surface area contributed by atoms with Crippen molar-refractivity contribution in [1.82, 2.24) is 0 Å². The Hall–Kier alpha value is -0.564. The summed E-state index contributed by atoms with van der Waals surface area (Å²) in [5.41, 5.74) is -22.6. The molecule has 0 aliphatic carbocycles. The van der Waals surface area contributed by atoms with Crippen LogP contribution in [0.2, 0.25) is 0 Å². The van der Waals surface area contributed by atoms with Gasteiger partial charge < -0.3 is 18.2 Å². The molecular formula is C4F12O12OsS4. The van der Waals surface area contributed by atoms with Gasteiger partial charge in [-0.05, 0) is 0 Å². The first-order valence-electron chi connectivity index (χ1n) is 5.08. The third kappa shape index (κ3) is 21.7. The quantitative estimate of drug-likeness (QED) is 0.182. The molecular weight excluding hydrogens is 787 g/mol. The van der Waals surface area contributed by atoms with E-state index in [1.807, 2.05) is 0 Å². The molecule has 0 spiro atoms. The van der Waals surface area contributed by atoms with E-state index >= 15 is 0 Å². The summed E-state index contributed by atoms with van der Waals surface area (Å²) in [4.78, 5) is 0. The largest absolute Gasteiger partial charge is 4.00 e. The van der Waals surface area contributed by atoms with Gasteiger partial charge in [0, 0.05) is 0 Å². The fourth-order valence-electron chi connectivity index (χ4n) is 0. The number of rotatable bonds is 0. The van der Waals surface area contributed by atoms with E-state index < -0.39 is 62.5 Å². The molecule has 0 rings (SSSR count). The normalized spacial score (nSPS) is 13.6. The predicted molar refractivity (Wildman–Crippen MR) is 63.0 cm³/mol. The smallest absolute Gasteiger partial charge is 0.741 e. The first-order valence-corrected chi connectivity index (χ1v) is 10.7. The molecule has 0 saturated heterocycles. The summed E-state index contributed by atoms with van der Waals surface area (Å²) in [5.74, 6) is 0. The Balaban J connectivity index is -0.000000105. The molecule has 0 atom stereocenters. The SMILES string of the molecule is O=S(=O)([O-])C(F)(F)F.O=S(=O)([O-])C(F)(F)F.O=S(=O)([O-])C(F)(F)F.O=S(=O)([O-])C(F)(F)F.[Os+4]. The molecule has 0 N–H and O–H groups in total. The summed E-state index contributed by atoms with van der Waals surface area (Å²) in [7, 11) is -24.4. The number of halogens is 12. The summed E-state index contributed by atoms with van der Waals surface area (Å²) in [6.07, 6.45) is 0. The molecule has 0 fully saturated rings. The van der Waals surface area contributed by atoms with E-state index in [0.717, 1.165) is 0 Å². The van der Waals surface area contributed by atoms with Crippen molar-refractivity contribution in [1.29, 1.82) is 0 Å². The van der Waals surface area contributed by atoms with Gasteiger partial charge in [0.2, 0.25) is 0 Å². The van der Waals surface area contributed by atoms with E-state index in [-0.39, 0.29) is 19.8 Å². The molecule has 0 aliphatic rings. The fraction of sp³-hybridized carbons (Fsp3) is 1.00. The molecule has 0 bridgehead atoms. The third-order valence-electron chi connectivity index (χ3n) is 1.13. The van der Waals surface area contributed by atoms with Crippen LogP contribution in [-0.2, 0) is 60.3 Å². The van der Waals surface area contributed by atoms with Gasteiger partial charge in [0.15, 0.2) is 40.5 Å². The Morgan fingerprint density at radius 1 is 0.333 bits per heavy atom. The van der Waals surface area contributed by atoms with Crippen molar-refractivity contribution in [2.24, 2.45) is 0 Å². The van der Waals surface area contributed by atoms with Crippen LogP contribution in [0, 0.1) is 0 Å². The van der Waals surface area contributed by atoms with Crippen molar-refractivity contribution in [2.75, 3.05) is 0 Å². The second-order valence-electron chi connectivity index (χ2n) is 3.60. The number of hydrogen-bond acceptors (Lipinski definition) is 12. The second kappa shape index (κ2) is 12.9. The minimum Gasteiger partial charge on any atom is -0.741 e. The maximum absolute atomic E-state index is 10.7. The van der Waals surface area contributed by atoms with Gasteiger partial charge in [-0.25, -0.2) is 33.7 Å². The minimum absolute atomic E-state index is 0. The Morgan fingerprint density at radius 2 is 0.364 bits per heavy atom. The average Bonchev–Trinajstić information content (AvgIpc) is 2.30. The van der Waals surface area contributed by atoms with Gasteiger partial charge in [-0.2, -0.15) is 52.7 Å². The Labute approximate surface area is 187 Å². The molecule has 0 aromatic rings. The molecule has 0 heterocycles. The molecule has 0 saturated carbocycles. The van der Waals surface area contributed by atoms with Crippen molar-refractivity contribution in [3.05, 3.63) is 0 Å². The summed E-state index contributed by atoms with van der Waals surface area (Å²) in [5, 5.41) is 0. The zero-order valence-corrected chi connectivity index (χ0v) is 19.2. The predicted octanol–water partition coefficient (Wildman–Crippen LogP) is 0.203. The molecule has 0 amide bonds. The monoisotopic (exact) mass is 788 g/mol. The zero-order chi connectivity index (χ0) is 28.0. The molecule has 204 valence electrons. The van der Waals surface area contributed by atoms with Gasteiger partial charge in [-0.15, -0.1) is 0 Å². The molecule has 0 aromatic heterocycles. The van der Waals surface area contributed by atoms with Crippen molar-refractivity contribution >= 4 is 40.5 Å². The Kier molecular flexibility index (Phi) is 16.7. The second-order valence-corrected chi connectivity index (χ2v) is 9.08. The van der Waals surface area contributed by atoms with Crippen LogP contribution in [0.4, 0.5) is 52.7 Å². The third-order valence-corrected chi connectivity index (χ3v) is 3.40. The summed E-state index contributed by atoms with van der Waals surface area (Å²) < 4.78 is 236. The van der Waals surface area contributed by atoms with Gasteiger partial charge in [0.25, 0.3) is 0 Å². The van der Waals surface area contributed by atoms with Gasteiger partial charge in [-0.1, -0.05) is 0 Å². The first kappa shape index (κ1) is 42.6. The van der Waals surface area contributed by atoms with Gasteiger partial charge in [0.05, 0.1) is 0 Å². The number of alkyl halides is 12. The van der Waals surface area contributed by atoms with Crippen LogP contribution in [0.25, 0.3) is 0 Å². The topological polar surface area (TPSA) is 229 Å². The van der Waals surface area contributed by atoms with Crippen molar-refractivity contribution in [3.8, 4) is 0 Å². The minimum atomic E-state index is -6.09. The molecule has 0 aromatic carbocycles. The number of hydrogen-bond donors (Lipinski definition) is 0. The van der Waals surface area contributed by atoms with Crippen molar-refractivity contribution in [3.63, 3.8) is 0 Å². The van der Waals surface area contributed by atoms with E-state index in [0.29, 0.717) is 0 Å². The average molecular weight is 787 g/mol. The van der Waals surface area contributed by atoms with Gasteiger partial charge in [-0.3, -0.25) is 0 Å². The van der Waals surface area contributed by atoms with Crippen LogP contribution in [0.1, 0.15) is 0 Å². The maximum atomic E-state index is 10.7.